The lowest BCUT2D eigenvalue weighted by Gasteiger charge is -2.35. The molecule has 0 bridgehead atoms. The average molecular weight is 273 g/mol. The summed E-state index contributed by atoms with van der Waals surface area (Å²) in [5.74, 6) is 2.21. The number of thioether (sulfide) groups is 1. The number of hydrogen-bond acceptors (Lipinski definition) is 3. The van der Waals surface area contributed by atoms with E-state index in [4.69, 9.17) is 0 Å². The molecular weight excluding hydrogens is 240 g/mol. The van der Waals surface area contributed by atoms with E-state index in [1.54, 1.807) is 0 Å². The second-order valence-corrected chi connectivity index (χ2v) is 6.87. The minimum atomic E-state index is 0.757. The van der Waals surface area contributed by atoms with Crippen molar-refractivity contribution in [1.29, 1.82) is 0 Å². The molecule has 0 heterocycles. The van der Waals surface area contributed by atoms with Gasteiger partial charge in [-0.05, 0) is 44.8 Å². The monoisotopic (exact) mass is 272 g/mol. The van der Waals surface area contributed by atoms with E-state index >= 15 is 0 Å². The Labute approximate surface area is 118 Å². The van der Waals surface area contributed by atoms with Crippen molar-refractivity contribution in [2.75, 3.05) is 31.9 Å². The Morgan fingerprint density at radius 2 is 1.89 bits per heavy atom. The van der Waals surface area contributed by atoms with E-state index in [1.807, 2.05) is 0 Å². The second kappa shape index (κ2) is 9.22. The fourth-order valence-corrected chi connectivity index (χ4v) is 4.48. The summed E-state index contributed by atoms with van der Waals surface area (Å²) in [5, 5.41) is 4.52. The molecule has 1 fully saturated rings. The summed E-state index contributed by atoms with van der Waals surface area (Å²) in [6, 6.07) is 0.757. The molecule has 0 radical (unpaired) electrons. The first-order valence-corrected chi connectivity index (χ1v) is 8.83. The molecule has 0 aromatic heterocycles. The summed E-state index contributed by atoms with van der Waals surface area (Å²) in [6.07, 6.45) is 4.18. The molecule has 0 spiro atoms. The van der Waals surface area contributed by atoms with Crippen LogP contribution in [0.1, 0.15) is 47.0 Å². The van der Waals surface area contributed by atoms with Crippen molar-refractivity contribution in [3.05, 3.63) is 0 Å². The zero-order chi connectivity index (χ0) is 13.4. The normalized spacial score (nSPS) is 28.8. The van der Waals surface area contributed by atoms with Crippen molar-refractivity contribution in [3.8, 4) is 0 Å². The lowest BCUT2D eigenvalue weighted by molar-refractivity contribution is 0.315. The predicted octanol–water partition coefficient (Wildman–Crippen LogP) is 3.23. The van der Waals surface area contributed by atoms with Crippen LogP contribution in [0.2, 0.25) is 0 Å². The highest BCUT2D eigenvalue weighted by Gasteiger charge is 2.28. The fraction of sp³-hybridized carbons (Fsp3) is 1.00. The Kier molecular flexibility index (Phi) is 8.36. The second-order valence-electron chi connectivity index (χ2n) is 5.52. The lowest BCUT2D eigenvalue weighted by atomic mass is 9.87. The van der Waals surface area contributed by atoms with E-state index in [-0.39, 0.29) is 0 Å². The maximum Gasteiger partial charge on any atom is 0.0204 e. The Hall–Kier alpha value is 0.270. The number of nitrogens with one attached hydrogen (secondary N) is 1. The van der Waals surface area contributed by atoms with Crippen molar-refractivity contribution in [3.63, 3.8) is 0 Å². The van der Waals surface area contributed by atoms with Gasteiger partial charge in [-0.25, -0.2) is 0 Å². The topological polar surface area (TPSA) is 15.3 Å². The van der Waals surface area contributed by atoms with Gasteiger partial charge in [-0.15, -0.1) is 0 Å². The molecule has 0 amide bonds. The van der Waals surface area contributed by atoms with Gasteiger partial charge in [-0.3, -0.25) is 0 Å². The van der Waals surface area contributed by atoms with Crippen LogP contribution in [0.5, 0.6) is 0 Å². The summed E-state index contributed by atoms with van der Waals surface area (Å²) >= 11 is 2.20. The molecule has 0 saturated heterocycles. The van der Waals surface area contributed by atoms with Crippen LogP contribution in [0.15, 0.2) is 0 Å². The smallest absolute Gasteiger partial charge is 0.0204 e. The van der Waals surface area contributed by atoms with Crippen molar-refractivity contribution in [1.82, 2.24) is 10.2 Å². The number of rotatable bonds is 8. The van der Waals surface area contributed by atoms with Gasteiger partial charge < -0.3 is 10.2 Å². The maximum atomic E-state index is 3.69. The fourth-order valence-electron chi connectivity index (χ4n) is 2.88. The van der Waals surface area contributed by atoms with Gasteiger partial charge in [0, 0.05) is 23.6 Å². The number of hydrogen-bond donors (Lipinski definition) is 1. The molecule has 1 N–H and O–H groups in total. The molecular formula is C15H32N2S. The van der Waals surface area contributed by atoms with Crippen LogP contribution < -0.4 is 5.32 Å². The van der Waals surface area contributed by atoms with Gasteiger partial charge in [0.15, 0.2) is 0 Å². The summed E-state index contributed by atoms with van der Waals surface area (Å²) in [4.78, 5) is 2.53. The standard InChI is InChI=1S/C15H32N2S/c1-5-16-14-9-8-13(4)12-15(14)18-11-10-17(6-2)7-3/h13-16H,5-12H2,1-4H3. The van der Waals surface area contributed by atoms with Crippen LogP contribution in [0.25, 0.3) is 0 Å². The minimum absolute atomic E-state index is 0.757. The quantitative estimate of drug-likeness (QED) is 0.730. The molecule has 108 valence electrons. The van der Waals surface area contributed by atoms with Crippen LogP contribution in [0.3, 0.4) is 0 Å². The highest BCUT2D eigenvalue weighted by Crippen LogP contribution is 2.32. The number of nitrogens with zero attached hydrogens (tertiary/aromatic N) is 1. The third kappa shape index (κ3) is 5.50. The van der Waals surface area contributed by atoms with Crippen molar-refractivity contribution in [2.24, 2.45) is 5.92 Å². The van der Waals surface area contributed by atoms with E-state index in [9.17, 15) is 0 Å². The minimum Gasteiger partial charge on any atom is -0.313 e. The zero-order valence-electron chi connectivity index (χ0n) is 12.7. The molecule has 3 atom stereocenters. The summed E-state index contributed by atoms with van der Waals surface area (Å²) < 4.78 is 0. The molecule has 0 aliphatic heterocycles. The lowest BCUT2D eigenvalue weighted by Crippen LogP contribution is -2.42. The first-order chi connectivity index (χ1) is 8.71. The van der Waals surface area contributed by atoms with Gasteiger partial charge in [0.2, 0.25) is 0 Å². The molecule has 18 heavy (non-hydrogen) atoms. The van der Waals surface area contributed by atoms with Gasteiger partial charge in [0.25, 0.3) is 0 Å². The van der Waals surface area contributed by atoms with Gasteiger partial charge in [0.05, 0.1) is 0 Å². The molecule has 1 saturated carbocycles. The SMILES string of the molecule is CCNC1CCC(C)CC1SCCN(CC)CC. The molecule has 0 aromatic rings. The van der Waals surface area contributed by atoms with Crippen LogP contribution in [0, 0.1) is 5.92 Å². The Morgan fingerprint density at radius 3 is 2.50 bits per heavy atom. The Bertz CT molecular complexity index is 207. The molecule has 1 aliphatic carbocycles. The van der Waals surface area contributed by atoms with Gasteiger partial charge in [0.1, 0.15) is 0 Å². The van der Waals surface area contributed by atoms with Crippen molar-refractivity contribution < 1.29 is 0 Å². The average Bonchev–Trinajstić information content (AvgIpc) is 2.38. The van der Waals surface area contributed by atoms with E-state index in [0.717, 1.165) is 23.8 Å². The Morgan fingerprint density at radius 1 is 1.17 bits per heavy atom. The van der Waals surface area contributed by atoms with Crippen LogP contribution in [-0.2, 0) is 0 Å². The van der Waals surface area contributed by atoms with Crippen LogP contribution in [-0.4, -0.2) is 48.1 Å². The van der Waals surface area contributed by atoms with Crippen molar-refractivity contribution >= 4 is 11.8 Å². The van der Waals surface area contributed by atoms with Gasteiger partial charge >= 0.3 is 0 Å². The molecule has 3 heteroatoms. The predicted molar refractivity (Wildman–Crippen MR) is 84.5 cm³/mol. The molecule has 1 rings (SSSR count). The summed E-state index contributed by atoms with van der Waals surface area (Å²) in [6.45, 7) is 13.9. The molecule has 2 nitrogen and oxygen atoms in total. The van der Waals surface area contributed by atoms with Gasteiger partial charge in [-0.1, -0.05) is 27.7 Å². The van der Waals surface area contributed by atoms with E-state index in [1.165, 1.54) is 44.6 Å². The molecule has 0 aromatic carbocycles. The summed E-state index contributed by atoms with van der Waals surface area (Å²) in [5.41, 5.74) is 0. The van der Waals surface area contributed by atoms with Gasteiger partial charge in [-0.2, -0.15) is 11.8 Å². The molecule has 3 unspecified atom stereocenters. The molecule has 1 aliphatic rings. The largest absolute Gasteiger partial charge is 0.313 e. The van der Waals surface area contributed by atoms with E-state index in [0.29, 0.717) is 0 Å². The van der Waals surface area contributed by atoms with Crippen LogP contribution >= 0.6 is 11.8 Å². The third-order valence-electron chi connectivity index (χ3n) is 4.15. The van der Waals surface area contributed by atoms with Crippen LogP contribution in [0.4, 0.5) is 0 Å². The first-order valence-electron chi connectivity index (χ1n) is 7.78. The summed E-state index contributed by atoms with van der Waals surface area (Å²) in [7, 11) is 0. The highest BCUT2D eigenvalue weighted by atomic mass is 32.2. The third-order valence-corrected chi connectivity index (χ3v) is 5.52. The van der Waals surface area contributed by atoms with Crippen molar-refractivity contribution in [2.45, 2.75) is 58.2 Å². The Balaban J connectivity index is 2.31. The first kappa shape index (κ1) is 16.3. The highest BCUT2D eigenvalue weighted by molar-refractivity contribution is 8.00. The maximum absolute atomic E-state index is 3.69. The van der Waals surface area contributed by atoms with E-state index < -0.39 is 0 Å². The van der Waals surface area contributed by atoms with E-state index in [2.05, 4.69) is 49.7 Å². The zero-order valence-corrected chi connectivity index (χ0v) is 13.6.